The van der Waals surface area contributed by atoms with Gasteiger partial charge in [0.25, 0.3) is 0 Å². The third-order valence-electron chi connectivity index (χ3n) is 1.02. The van der Waals surface area contributed by atoms with Gasteiger partial charge in [0.15, 0.2) is 0 Å². The SMILES string of the molecule is CC(C)CC(C)(Cl)C#N. The van der Waals surface area contributed by atoms with E-state index in [0.29, 0.717) is 5.92 Å². The van der Waals surface area contributed by atoms with Crippen LogP contribution in [0.5, 0.6) is 0 Å². The summed E-state index contributed by atoms with van der Waals surface area (Å²) in [6, 6.07) is 2.04. The van der Waals surface area contributed by atoms with Gasteiger partial charge >= 0.3 is 0 Å². The van der Waals surface area contributed by atoms with E-state index in [2.05, 4.69) is 13.8 Å². The molecular formula is C7H12ClN. The van der Waals surface area contributed by atoms with Crippen LogP contribution in [0.15, 0.2) is 0 Å². The summed E-state index contributed by atoms with van der Waals surface area (Å²) in [6.45, 7) is 5.85. The van der Waals surface area contributed by atoms with E-state index < -0.39 is 4.87 Å². The van der Waals surface area contributed by atoms with Crippen molar-refractivity contribution in [2.24, 2.45) is 5.92 Å². The van der Waals surface area contributed by atoms with Crippen LogP contribution in [0.3, 0.4) is 0 Å². The molecule has 0 amide bonds. The Labute approximate surface area is 61.6 Å². The monoisotopic (exact) mass is 145 g/mol. The number of rotatable bonds is 2. The first kappa shape index (κ1) is 8.78. The Bertz CT molecular complexity index is 121. The Kier molecular flexibility index (Phi) is 3.00. The molecule has 9 heavy (non-hydrogen) atoms. The molecule has 0 bridgehead atoms. The lowest BCUT2D eigenvalue weighted by molar-refractivity contribution is 0.532. The highest BCUT2D eigenvalue weighted by Gasteiger charge is 2.20. The van der Waals surface area contributed by atoms with Crippen molar-refractivity contribution in [3.63, 3.8) is 0 Å². The van der Waals surface area contributed by atoms with Crippen molar-refractivity contribution in [1.29, 1.82) is 5.26 Å². The molecule has 0 aromatic heterocycles. The van der Waals surface area contributed by atoms with Crippen LogP contribution in [-0.4, -0.2) is 4.87 Å². The Balaban J connectivity index is 3.76. The van der Waals surface area contributed by atoms with Crippen LogP contribution in [0.25, 0.3) is 0 Å². The zero-order chi connectivity index (χ0) is 7.49. The third kappa shape index (κ3) is 4.29. The summed E-state index contributed by atoms with van der Waals surface area (Å²) >= 11 is 5.75. The van der Waals surface area contributed by atoms with Crippen LogP contribution in [0.4, 0.5) is 0 Å². The molecule has 1 unspecified atom stereocenters. The minimum atomic E-state index is -0.659. The van der Waals surface area contributed by atoms with E-state index in [-0.39, 0.29) is 0 Å². The maximum atomic E-state index is 8.46. The predicted octanol–water partition coefficient (Wildman–Crippen LogP) is 2.55. The van der Waals surface area contributed by atoms with E-state index in [1.165, 1.54) is 0 Å². The van der Waals surface area contributed by atoms with Gasteiger partial charge in [0.1, 0.15) is 4.87 Å². The molecule has 0 fully saturated rings. The molecule has 1 nitrogen and oxygen atoms in total. The molecule has 1 atom stereocenters. The average Bonchev–Trinajstić information content (AvgIpc) is 1.63. The third-order valence-corrected chi connectivity index (χ3v) is 1.26. The van der Waals surface area contributed by atoms with Crippen molar-refractivity contribution in [1.82, 2.24) is 0 Å². The summed E-state index contributed by atoms with van der Waals surface area (Å²) in [6.07, 6.45) is 0.755. The molecule has 2 heteroatoms. The van der Waals surface area contributed by atoms with Crippen molar-refractivity contribution >= 4 is 11.6 Å². The molecule has 0 heterocycles. The van der Waals surface area contributed by atoms with E-state index in [1.807, 2.05) is 6.07 Å². The van der Waals surface area contributed by atoms with Crippen LogP contribution in [0.2, 0.25) is 0 Å². The maximum absolute atomic E-state index is 8.46. The molecule has 0 saturated carbocycles. The normalized spacial score (nSPS) is 16.9. The Morgan fingerprint density at radius 3 is 2.22 bits per heavy atom. The van der Waals surface area contributed by atoms with Gasteiger partial charge in [-0.15, -0.1) is 11.6 Å². The van der Waals surface area contributed by atoms with Gasteiger partial charge in [-0.05, 0) is 19.3 Å². The first-order valence-electron chi connectivity index (χ1n) is 3.08. The highest BCUT2D eigenvalue weighted by Crippen LogP contribution is 2.22. The summed E-state index contributed by atoms with van der Waals surface area (Å²) in [7, 11) is 0. The lowest BCUT2D eigenvalue weighted by Gasteiger charge is -2.14. The molecule has 0 N–H and O–H groups in total. The molecule has 0 aliphatic rings. The van der Waals surface area contributed by atoms with E-state index in [0.717, 1.165) is 6.42 Å². The van der Waals surface area contributed by atoms with Gasteiger partial charge in [-0.3, -0.25) is 0 Å². The second kappa shape index (κ2) is 3.08. The molecule has 0 aliphatic heterocycles. The minimum Gasteiger partial charge on any atom is -0.196 e. The van der Waals surface area contributed by atoms with Crippen molar-refractivity contribution < 1.29 is 0 Å². The fourth-order valence-corrected chi connectivity index (χ4v) is 1.12. The van der Waals surface area contributed by atoms with Crippen molar-refractivity contribution in [2.45, 2.75) is 32.1 Å². The molecule has 0 aliphatic carbocycles. The van der Waals surface area contributed by atoms with E-state index in [4.69, 9.17) is 16.9 Å². The van der Waals surface area contributed by atoms with Gasteiger partial charge in [-0.1, -0.05) is 13.8 Å². The number of hydrogen-bond donors (Lipinski definition) is 0. The van der Waals surface area contributed by atoms with Crippen LogP contribution in [0.1, 0.15) is 27.2 Å². The van der Waals surface area contributed by atoms with E-state index in [1.54, 1.807) is 6.92 Å². The standard InChI is InChI=1S/C7H12ClN/c1-6(2)4-7(3,8)5-9/h6H,4H2,1-3H3. The Hall–Kier alpha value is -0.220. The molecule has 0 saturated heterocycles. The van der Waals surface area contributed by atoms with Gasteiger partial charge in [-0.2, -0.15) is 5.26 Å². The zero-order valence-corrected chi connectivity index (χ0v) is 6.87. The summed E-state index contributed by atoms with van der Waals surface area (Å²) in [5.74, 6) is 0.493. The Morgan fingerprint density at radius 1 is 1.67 bits per heavy atom. The maximum Gasteiger partial charge on any atom is 0.128 e. The van der Waals surface area contributed by atoms with Gasteiger partial charge in [0.2, 0.25) is 0 Å². The highest BCUT2D eigenvalue weighted by atomic mass is 35.5. The Morgan fingerprint density at radius 2 is 2.11 bits per heavy atom. The van der Waals surface area contributed by atoms with Gasteiger partial charge in [0.05, 0.1) is 6.07 Å². The second-order valence-electron chi connectivity index (χ2n) is 2.91. The van der Waals surface area contributed by atoms with Crippen LogP contribution in [-0.2, 0) is 0 Å². The molecular weight excluding hydrogens is 134 g/mol. The fourth-order valence-electron chi connectivity index (χ4n) is 0.812. The lowest BCUT2D eigenvalue weighted by atomic mass is 10.00. The largest absolute Gasteiger partial charge is 0.196 e. The average molecular weight is 146 g/mol. The van der Waals surface area contributed by atoms with Gasteiger partial charge < -0.3 is 0 Å². The van der Waals surface area contributed by atoms with E-state index >= 15 is 0 Å². The molecule has 0 spiro atoms. The fraction of sp³-hybridized carbons (Fsp3) is 0.857. The summed E-state index contributed by atoms with van der Waals surface area (Å²) in [4.78, 5) is -0.659. The molecule has 0 rings (SSSR count). The van der Waals surface area contributed by atoms with Crippen molar-refractivity contribution in [3.8, 4) is 6.07 Å². The quantitative estimate of drug-likeness (QED) is 0.548. The molecule has 0 radical (unpaired) electrons. The van der Waals surface area contributed by atoms with Crippen LogP contribution < -0.4 is 0 Å². The first-order chi connectivity index (χ1) is 3.98. The molecule has 0 aromatic rings. The lowest BCUT2D eigenvalue weighted by Crippen LogP contribution is -2.15. The number of nitrogens with zero attached hydrogens (tertiary/aromatic N) is 1. The predicted molar refractivity (Wildman–Crippen MR) is 39.3 cm³/mol. The first-order valence-corrected chi connectivity index (χ1v) is 3.46. The number of hydrogen-bond acceptors (Lipinski definition) is 1. The van der Waals surface area contributed by atoms with Crippen molar-refractivity contribution in [2.75, 3.05) is 0 Å². The number of alkyl halides is 1. The minimum absolute atomic E-state index is 0.493. The van der Waals surface area contributed by atoms with Gasteiger partial charge in [0, 0.05) is 0 Å². The smallest absolute Gasteiger partial charge is 0.128 e. The highest BCUT2D eigenvalue weighted by molar-refractivity contribution is 6.25. The van der Waals surface area contributed by atoms with E-state index in [9.17, 15) is 0 Å². The van der Waals surface area contributed by atoms with Crippen LogP contribution >= 0.6 is 11.6 Å². The molecule has 0 aromatic carbocycles. The summed E-state index contributed by atoms with van der Waals surface area (Å²) in [5.41, 5.74) is 0. The summed E-state index contributed by atoms with van der Waals surface area (Å²) in [5, 5.41) is 8.46. The van der Waals surface area contributed by atoms with Crippen LogP contribution in [0, 0.1) is 17.2 Å². The number of halogens is 1. The second-order valence-corrected chi connectivity index (χ2v) is 3.74. The molecule has 52 valence electrons. The summed E-state index contributed by atoms with van der Waals surface area (Å²) < 4.78 is 0. The van der Waals surface area contributed by atoms with Gasteiger partial charge in [-0.25, -0.2) is 0 Å². The van der Waals surface area contributed by atoms with Crippen molar-refractivity contribution in [3.05, 3.63) is 0 Å². The zero-order valence-electron chi connectivity index (χ0n) is 6.11. The number of nitriles is 1. The topological polar surface area (TPSA) is 23.8 Å².